The first-order valence-electron chi connectivity index (χ1n) is 13.4. The molecule has 234 valence electrons. The highest BCUT2D eigenvalue weighted by Gasteiger charge is 2.26. The minimum atomic E-state index is -1.08. The number of nitrogens with two attached hydrogens (primary N) is 4. The molecule has 0 aliphatic heterocycles. The fraction of sp³-hybridized carbons (Fsp3) is 0.423. The van der Waals surface area contributed by atoms with E-state index in [2.05, 4.69) is 20.6 Å². The Morgan fingerprint density at radius 3 is 2.35 bits per heavy atom. The first-order chi connectivity index (χ1) is 20.4. The van der Waals surface area contributed by atoms with Crippen molar-refractivity contribution < 1.29 is 24.4 Å². The van der Waals surface area contributed by atoms with Crippen molar-refractivity contribution in [3.8, 4) is 5.75 Å². The quantitative estimate of drug-likeness (QED) is 0.0385. The number of benzene rings is 1. The topological polar surface area (TPSA) is 271 Å². The average Bonchev–Trinajstić information content (AvgIpc) is 3.43. The minimum Gasteiger partial charge on any atom is -0.508 e. The molecule has 11 N–H and O–H groups in total. The molecule has 3 amide bonds. The highest BCUT2D eigenvalue weighted by molar-refractivity contribution is 7.15. The third kappa shape index (κ3) is 12.2. The molecular weight excluding hydrogens is 580 g/mol. The second kappa shape index (κ2) is 17.1. The summed E-state index contributed by atoms with van der Waals surface area (Å²) < 4.78 is 0. The summed E-state index contributed by atoms with van der Waals surface area (Å²) in [7, 11) is 0. The summed E-state index contributed by atoms with van der Waals surface area (Å²) in [6.07, 6.45) is 0.987. The van der Waals surface area contributed by atoms with Crippen LogP contribution in [0.15, 0.2) is 46.4 Å². The van der Waals surface area contributed by atoms with Gasteiger partial charge in [-0.1, -0.05) is 23.5 Å². The van der Waals surface area contributed by atoms with Crippen LogP contribution < -0.4 is 33.6 Å². The van der Waals surface area contributed by atoms with Crippen LogP contribution in [0.5, 0.6) is 5.75 Å². The van der Waals surface area contributed by atoms with Crippen molar-refractivity contribution in [2.75, 3.05) is 26.2 Å². The number of phenolic OH excluding ortho intramolecular Hbond substituents is 1. The lowest BCUT2D eigenvalue weighted by atomic mass is 10.0. The van der Waals surface area contributed by atoms with Gasteiger partial charge in [-0.05, 0) is 49.9 Å². The maximum atomic E-state index is 13.2. The van der Waals surface area contributed by atoms with E-state index in [1.165, 1.54) is 23.1 Å². The van der Waals surface area contributed by atoms with Crippen molar-refractivity contribution in [3.05, 3.63) is 57.0 Å². The van der Waals surface area contributed by atoms with Crippen LogP contribution in [0.3, 0.4) is 0 Å². The molecule has 2 aromatic rings. The Morgan fingerprint density at radius 1 is 1.07 bits per heavy atom. The van der Waals surface area contributed by atoms with Crippen molar-refractivity contribution in [2.24, 2.45) is 32.9 Å². The van der Waals surface area contributed by atoms with E-state index in [-0.39, 0.29) is 54.5 Å². The molecular formula is C26H38N10O6S. The molecule has 1 aromatic carbocycles. The molecule has 16 nitrogen and oxygen atoms in total. The second-order valence-electron chi connectivity index (χ2n) is 9.39. The number of guanidine groups is 2. The zero-order valence-corrected chi connectivity index (χ0v) is 24.6. The molecule has 1 aromatic heterocycles. The SMILES string of the molecule is CCN(CCc1ccc([N+](=O)[O-])s1)C(=O)CNC(=O)[C@@H](CCCN=C(N)N)NC(=O)[C@H](Cc1ccc(O)cc1)N=C(N)N. The van der Waals surface area contributed by atoms with Crippen molar-refractivity contribution >= 4 is 46.0 Å². The normalized spacial score (nSPS) is 11.9. The molecule has 1 heterocycles. The fourth-order valence-electron chi connectivity index (χ4n) is 3.97. The number of hydrogen-bond donors (Lipinski definition) is 7. The largest absolute Gasteiger partial charge is 0.508 e. The van der Waals surface area contributed by atoms with Crippen molar-refractivity contribution in [3.63, 3.8) is 0 Å². The first kappa shape index (κ1) is 34.3. The number of amides is 3. The number of rotatable bonds is 17. The summed E-state index contributed by atoms with van der Waals surface area (Å²) in [5, 5.41) is 25.7. The zero-order chi connectivity index (χ0) is 31.9. The fourth-order valence-corrected chi connectivity index (χ4v) is 4.78. The lowest BCUT2D eigenvalue weighted by molar-refractivity contribution is -0.380. The number of aromatic hydroxyl groups is 1. The Kier molecular flexibility index (Phi) is 13.6. The molecule has 17 heteroatoms. The first-order valence-corrected chi connectivity index (χ1v) is 14.2. The summed E-state index contributed by atoms with van der Waals surface area (Å²) in [6.45, 7) is 2.32. The molecule has 0 saturated carbocycles. The van der Waals surface area contributed by atoms with E-state index in [9.17, 15) is 29.6 Å². The maximum Gasteiger partial charge on any atom is 0.324 e. The molecule has 0 unspecified atom stereocenters. The lowest BCUT2D eigenvalue weighted by Gasteiger charge is -2.23. The van der Waals surface area contributed by atoms with Crippen molar-refractivity contribution in [2.45, 2.75) is 44.7 Å². The van der Waals surface area contributed by atoms with E-state index in [1.54, 1.807) is 25.1 Å². The van der Waals surface area contributed by atoms with Gasteiger partial charge in [0, 0.05) is 37.0 Å². The van der Waals surface area contributed by atoms with Gasteiger partial charge in [0.2, 0.25) is 17.7 Å². The Labute approximate surface area is 252 Å². The molecule has 0 aliphatic rings. The predicted molar refractivity (Wildman–Crippen MR) is 163 cm³/mol. The van der Waals surface area contributed by atoms with Gasteiger partial charge in [-0.25, -0.2) is 4.99 Å². The van der Waals surface area contributed by atoms with E-state index in [4.69, 9.17) is 22.9 Å². The van der Waals surface area contributed by atoms with Gasteiger partial charge >= 0.3 is 5.00 Å². The average molecular weight is 619 g/mol. The van der Waals surface area contributed by atoms with Crippen LogP contribution in [-0.2, 0) is 27.2 Å². The summed E-state index contributed by atoms with van der Waals surface area (Å²) in [6, 6.07) is 7.07. The van der Waals surface area contributed by atoms with Crippen LogP contribution in [0.4, 0.5) is 5.00 Å². The Bertz CT molecular complexity index is 1310. The van der Waals surface area contributed by atoms with Crippen molar-refractivity contribution in [1.29, 1.82) is 0 Å². The van der Waals surface area contributed by atoms with E-state index < -0.39 is 28.8 Å². The lowest BCUT2D eigenvalue weighted by Crippen LogP contribution is -2.52. The summed E-state index contributed by atoms with van der Waals surface area (Å²) in [5.41, 5.74) is 22.5. The number of aliphatic imine (C=N–C) groups is 2. The molecule has 43 heavy (non-hydrogen) atoms. The zero-order valence-electron chi connectivity index (χ0n) is 23.8. The third-order valence-electron chi connectivity index (χ3n) is 6.16. The van der Waals surface area contributed by atoms with Crippen LogP contribution in [0, 0.1) is 10.1 Å². The number of carbonyl (C=O) groups is 3. The molecule has 2 rings (SSSR count). The number of nitrogens with one attached hydrogen (secondary N) is 2. The number of phenols is 1. The second-order valence-corrected chi connectivity index (χ2v) is 10.5. The van der Waals surface area contributed by atoms with Crippen LogP contribution in [-0.4, -0.2) is 82.8 Å². The van der Waals surface area contributed by atoms with Gasteiger partial charge in [-0.15, -0.1) is 0 Å². The van der Waals surface area contributed by atoms with Gasteiger partial charge in [-0.2, -0.15) is 0 Å². The summed E-state index contributed by atoms with van der Waals surface area (Å²) in [4.78, 5) is 59.9. The smallest absolute Gasteiger partial charge is 0.324 e. The molecule has 0 spiro atoms. The van der Waals surface area contributed by atoms with Gasteiger partial charge in [0.25, 0.3) is 0 Å². The van der Waals surface area contributed by atoms with E-state index in [0.717, 1.165) is 16.2 Å². The van der Waals surface area contributed by atoms with E-state index in [0.29, 0.717) is 31.5 Å². The van der Waals surface area contributed by atoms with Crippen LogP contribution in [0.25, 0.3) is 0 Å². The van der Waals surface area contributed by atoms with E-state index >= 15 is 0 Å². The molecule has 0 saturated heterocycles. The van der Waals surface area contributed by atoms with Crippen LogP contribution >= 0.6 is 11.3 Å². The molecule has 0 bridgehead atoms. The van der Waals surface area contributed by atoms with Gasteiger partial charge in [-0.3, -0.25) is 29.5 Å². The predicted octanol–water partition coefficient (Wildman–Crippen LogP) is -0.708. The summed E-state index contributed by atoms with van der Waals surface area (Å²) >= 11 is 1.04. The number of nitrogens with zero attached hydrogens (tertiary/aromatic N) is 4. The standard InChI is InChI=1S/C26H38N10O6S/c1-2-35(13-11-18-9-10-22(43-18)36(41)42)21(38)15-32-23(39)19(4-3-12-31-25(27)28)33-24(40)20(34-26(29)30)14-16-5-7-17(37)8-6-16/h5-10,19-20,37H,2-4,11-15H2,1H3,(H,32,39)(H,33,40)(H4,27,28,31)(H4,29,30,34)/t19-,20+/m1/s1. The van der Waals surface area contributed by atoms with Gasteiger partial charge < -0.3 is 43.6 Å². The number of thiophene rings is 1. The van der Waals surface area contributed by atoms with Crippen LogP contribution in [0.2, 0.25) is 0 Å². The minimum absolute atomic E-state index is 0.0229. The van der Waals surface area contributed by atoms with E-state index in [1.807, 2.05) is 0 Å². The number of carbonyl (C=O) groups excluding carboxylic acids is 3. The molecule has 0 fully saturated rings. The molecule has 0 radical (unpaired) electrons. The Balaban J connectivity index is 2.07. The monoisotopic (exact) mass is 618 g/mol. The maximum absolute atomic E-state index is 13.2. The van der Waals surface area contributed by atoms with Crippen molar-refractivity contribution in [1.82, 2.24) is 15.5 Å². The highest BCUT2D eigenvalue weighted by Crippen LogP contribution is 2.24. The Morgan fingerprint density at radius 2 is 1.77 bits per heavy atom. The third-order valence-corrected chi connectivity index (χ3v) is 7.25. The molecule has 2 atom stereocenters. The number of likely N-dealkylation sites (N-methyl/N-ethyl adjacent to an activating group) is 1. The summed E-state index contributed by atoms with van der Waals surface area (Å²) in [5.74, 6) is -1.99. The molecule has 0 aliphatic carbocycles. The number of nitro groups is 1. The highest BCUT2D eigenvalue weighted by atomic mass is 32.1. The van der Waals surface area contributed by atoms with Gasteiger partial charge in [0.05, 0.1) is 11.5 Å². The van der Waals surface area contributed by atoms with Gasteiger partial charge in [0.1, 0.15) is 17.8 Å². The van der Waals surface area contributed by atoms with Gasteiger partial charge in [0.15, 0.2) is 11.9 Å². The Hall–Kier alpha value is -4.93. The number of hydrogen-bond acceptors (Lipinski definition) is 9. The van der Waals surface area contributed by atoms with Crippen LogP contribution in [0.1, 0.15) is 30.2 Å².